The molecule has 0 saturated carbocycles. The standard InChI is InChI=1S/C17H19BrN2O/c1-12-7-3-4-8-14(12)13(2)19-11-17(21)20-16-10-6-5-9-15(16)18/h3-10,13,19H,11H2,1-2H3,(H,20,21)/t13-/m0/s1. The summed E-state index contributed by atoms with van der Waals surface area (Å²) in [4.78, 5) is 12.0. The Balaban J connectivity index is 1.90. The molecule has 0 bridgehead atoms. The molecule has 0 aliphatic heterocycles. The Hall–Kier alpha value is -1.65. The van der Waals surface area contributed by atoms with Crippen molar-refractivity contribution in [2.45, 2.75) is 19.9 Å². The Kier molecular flexibility index (Phi) is 5.53. The number of halogens is 1. The highest BCUT2D eigenvalue weighted by molar-refractivity contribution is 9.10. The van der Waals surface area contributed by atoms with Gasteiger partial charge in [0, 0.05) is 10.5 Å². The third kappa shape index (κ3) is 4.41. The normalized spacial score (nSPS) is 12.0. The Labute approximate surface area is 133 Å². The molecule has 2 aromatic rings. The lowest BCUT2D eigenvalue weighted by atomic mass is 10.0. The molecule has 0 spiro atoms. The largest absolute Gasteiger partial charge is 0.324 e. The van der Waals surface area contributed by atoms with Crippen LogP contribution in [0.3, 0.4) is 0 Å². The molecule has 0 unspecified atom stereocenters. The zero-order valence-corrected chi connectivity index (χ0v) is 13.8. The van der Waals surface area contributed by atoms with E-state index in [2.05, 4.69) is 52.5 Å². The molecule has 4 heteroatoms. The third-order valence-electron chi connectivity index (χ3n) is 3.37. The Morgan fingerprint density at radius 2 is 1.81 bits per heavy atom. The fourth-order valence-electron chi connectivity index (χ4n) is 2.19. The first-order valence-corrected chi connectivity index (χ1v) is 7.70. The summed E-state index contributed by atoms with van der Waals surface area (Å²) < 4.78 is 0.880. The van der Waals surface area contributed by atoms with E-state index in [-0.39, 0.29) is 18.5 Å². The molecule has 0 aromatic heterocycles. The third-order valence-corrected chi connectivity index (χ3v) is 4.06. The highest BCUT2D eigenvalue weighted by Gasteiger charge is 2.10. The molecule has 0 saturated heterocycles. The van der Waals surface area contributed by atoms with Gasteiger partial charge in [-0.15, -0.1) is 0 Å². The van der Waals surface area contributed by atoms with E-state index >= 15 is 0 Å². The van der Waals surface area contributed by atoms with Gasteiger partial charge in [0.1, 0.15) is 0 Å². The molecule has 0 aliphatic carbocycles. The predicted molar refractivity (Wildman–Crippen MR) is 90.4 cm³/mol. The van der Waals surface area contributed by atoms with Gasteiger partial charge in [0.05, 0.1) is 12.2 Å². The van der Waals surface area contributed by atoms with Crippen molar-refractivity contribution in [2.75, 3.05) is 11.9 Å². The number of amides is 1. The van der Waals surface area contributed by atoms with Crippen molar-refractivity contribution in [3.8, 4) is 0 Å². The Morgan fingerprint density at radius 1 is 1.14 bits per heavy atom. The second kappa shape index (κ2) is 7.38. The maximum absolute atomic E-state index is 12.0. The molecular formula is C17H19BrN2O. The zero-order valence-electron chi connectivity index (χ0n) is 12.2. The van der Waals surface area contributed by atoms with E-state index in [0.717, 1.165) is 10.2 Å². The van der Waals surface area contributed by atoms with Crippen LogP contribution in [-0.4, -0.2) is 12.5 Å². The van der Waals surface area contributed by atoms with E-state index in [9.17, 15) is 4.79 Å². The minimum atomic E-state index is -0.0534. The summed E-state index contributed by atoms with van der Waals surface area (Å²) in [5.41, 5.74) is 3.22. The Morgan fingerprint density at radius 3 is 2.52 bits per heavy atom. The number of rotatable bonds is 5. The van der Waals surface area contributed by atoms with Crippen LogP contribution in [0.15, 0.2) is 53.0 Å². The van der Waals surface area contributed by atoms with Gasteiger partial charge in [-0.1, -0.05) is 36.4 Å². The van der Waals surface area contributed by atoms with Gasteiger partial charge in [-0.25, -0.2) is 0 Å². The number of nitrogens with one attached hydrogen (secondary N) is 2. The molecule has 110 valence electrons. The van der Waals surface area contributed by atoms with Gasteiger partial charge in [-0.2, -0.15) is 0 Å². The first-order chi connectivity index (χ1) is 10.1. The van der Waals surface area contributed by atoms with Crippen molar-refractivity contribution in [3.05, 3.63) is 64.1 Å². The number of hydrogen-bond donors (Lipinski definition) is 2. The number of anilines is 1. The molecule has 2 aromatic carbocycles. The molecule has 0 aliphatic rings. The molecule has 1 amide bonds. The second-order valence-corrected chi connectivity index (χ2v) is 5.84. The summed E-state index contributed by atoms with van der Waals surface area (Å²) >= 11 is 3.42. The summed E-state index contributed by atoms with van der Waals surface area (Å²) in [5.74, 6) is -0.0534. The minimum absolute atomic E-state index is 0.0534. The van der Waals surface area contributed by atoms with Gasteiger partial charge in [0.25, 0.3) is 0 Å². The molecule has 3 nitrogen and oxygen atoms in total. The van der Waals surface area contributed by atoms with Gasteiger partial charge >= 0.3 is 0 Å². The van der Waals surface area contributed by atoms with Crippen molar-refractivity contribution in [2.24, 2.45) is 0 Å². The highest BCUT2D eigenvalue weighted by atomic mass is 79.9. The quantitative estimate of drug-likeness (QED) is 0.857. The summed E-state index contributed by atoms with van der Waals surface area (Å²) in [6.07, 6.45) is 0. The number of carbonyl (C=O) groups excluding carboxylic acids is 1. The molecule has 0 radical (unpaired) electrons. The van der Waals surface area contributed by atoms with Gasteiger partial charge in [0.15, 0.2) is 0 Å². The molecule has 2 N–H and O–H groups in total. The lowest BCUT2D eigenvalue weighted by Crippen LogP contribution is -2.30. The number of carbonyl (C=O) groups is 1. The van der Waals surface area contributed by atoms with Gasteiger partial charge in [-0.3, -0.25) is 4.79 Å². The van der Waals surface area contributed by atoms with Gasteiger partial charge in [-0.05, 0) is 53.0 Å². The van der Waals surface area contributed by atoms with E-state index in [1.807, 2.05) is 36.4 Å². The molecule has 0 fully saturated rings. The first kappa shape index (κ1) is 15.7. The van der Waals surface area contributed by atoms with Crippen LogP contribution in [0.2, 0.25) is 0 Å². The van der Waals surface area contributed by atoms with Crippen molar-refractivity contribution >= 4 is 27.5 Å². The number of hydrogen-bond acceptors (Lipinski definition) is 2. The number of benzene rings is 2. The van der Waals surface area contributed by atoms with Crippen molar-refractivity contribution in [1.82, 2.24) is 5.32 Å². The minimum Gasteiger partial charge on any atom is -0.324 e. The Bertz CT molecular complexity index is 628. The molecule has 1 atom stereocenters. The summed E-state index contributed by atoms with van der Waals surface area (Å²) in [6, 6.07) is 15.9. The summed E-state index contributed by atoms with van der Waals surface area (Å²) in [6.45, 7) is 4.42. The van der Waals surface area contributed by atoms with Crippen LogP contribution in [0.4, 0.5) is 5.69 Å². The van der Waals surface area contributed by atoms with E-state index < -0.39 is 0 Å². The van der Waals surface area contributed by atoms with Crippen LogP contribution >= 0.6 is 15.9 Å². The fourth-order valence-corrected chi connectivity index (χ4v) is 2.57. The van der Waals surface area contributed by atoms with E-state index in [4.69, 9.17) is 0 Å². The van der Waals surface area contributed by atoms with Crippen LogP contribution in [0.5, 0.6) is 0 Å². The highest BCUT2D eigenvalue weighted by Crippen LogP contribution is 2.21. The summed E-state index contributed by atoms with van der Waals surface area (Å²) in [7, 11) is 0. The molecule has 2 rings (SSSR count). The maximum Gasteiger partial charge on any atom is 0.238 e. The van der Waals surface area contributed by atoms with Gasteiger partial charge < -0.3 is 10.6 Å². The van der Waals surface area contributed by atoms with E-state index in [1.54, 1.807) is 0 Å². The van der Waals surface area contributed by atoms with Crippen LogP contribution in [0.25, 0.3) is 0 Å². The average Bonchev–Trinajstić information content (AvgIpc) is 2.48. The van der Waals surface area contributed by atoms with Gasteiger partial charge in [0.2, 0.25) is 5.91 Å². The second-order valence-electron chi connectivity index (χ2n) is 4.99. The predicted octanol–water partition coefficient (Wildman–Crippen LogP) is 4.05. The van der Waals surface area contributed by atoms with Crippen molar-refractivity contribution in [3.63, 3.8) is 0 Å². The fraction of sp³-hybridized carbons (Fsp3) is 0.235. The summed E-state index contributed by atoms with van der Waals surface area (Å²) in [5, 5.41) is 6.14. The van der Waals surface area contributed by atoms with Crippen LogP contribution in [-0.2, 0) is 4.79 Å². The zero-order chi connectivity index (χ0) is 15.2. The van der Waals surface area contributed by atoms with Crippen LogP contribution < -0.4 is 10.6 Å². The number of para-hydroxylation sites is 1. The SMILES string of the molecule is Cc1ccccc1[C@H](C)NCC(=O)Nc1ccccc1Br. The van der Waals surface area contributed by atoms with E-state index in [0.29, 0.717) is 0 Å². The smallest absolute Gasteiger partial charge is 0.238 e. The van der Waals surface area contributed by atoms with Crippen molar-refractivity contribution < 1.29 is 4.79 Å². The lowest BCUT2D eigenvalue weighted by molar-refractivity contribution is -0.115. The molecular weight excluding hydrogens is 328 g/mol. The number of aryl methyl sites for hydroxylation is 1. The molecule has 0 heterocycles. The van der Waals surface area contributed by atoms with Crippen molar-refractivity contribution in [1.29, 1.82) is 0 Å². The average molecular weight is 347 g/mol. The van der Waals surface area contributed by atoms with Crippen LogP contribution in [0, 0.1) is 6.92 Å². The molecule has 21 heavy (non-hydrogen) atoms. The monoisotopic (exact) mass is 346 g/mol. The maximum atomic E-state index is 12.0. The topological polar surface area (TPSA) is 41.1 Å². The van der Waals surface area contributed by atoms with Crippen LogP contribution in [0.1, 0.15) is 24.1 Å². The van der Waals surface area contributed by atoms with E-state index in [1.165, 1.54) is 11.1 Å². The first-order valence-electron chi connectivity index (χ1n) is 6.91. The lowest BCUT2D eigenvalue weighted by Gasteiger charge is -2.16.